The van der Waals surface area contributed by atoms with Gasteiger partial charge in [-0.1, -0.05) is 36.4 Å². The van der Waals surface area contributed by atoms with Crippen LogP contribution >= 0.6 is 0 Å². The fraction of sp³-hybridized carbons (Fsp3) is 0.296. The lowest BCUT2D eigenvalue weighted by atomic mass is 10.0. The Hall–Kier alpha value is -3.35. The number of aromatic amines is 1. The molecule has 5 atom stereocenters. The van der Waals surface area contributed by atoms with E-state index in [1.54, 1.807) is 19.4 Å². The lowest BCUT2D eigenvalue weighted by Crippen LogP contribution is -2.34. The van der Waals surface area contributed by atoms with Gasteiger partial charge in [0, 0.05) is 24.0 Å². The Morgan fingerprint density at radius 1 is 1.05 bits per heavy atom. The second kappa shape index (κ2) is 9.75. The number of H-pyrrole nitrogens is 1. The normalized spacial score (nSPS) is 24.3. The molecule has 2 saturated heterocycles. The smallest absolute Gasteiger partial charge is 0.193 e. The van der Waals surface area contributed by atoms with Crippen LogP contribution in [-0.4, -0.2) is 70.2 Å². The highest BCUT2D eigenvalue weighted by Crippen LogP contribution is 2.32. The number of aliphatic hydroxyl groups excluding tert-OH is 1. The van der Waals surface area contributed by atoms with E-state index >= 15 is 4.39 Å². The van der Waals surface area contributed by atoms with Crippen molar-refractivity contribution in [2.45, 2.75) is 24.4 Å². The molecule has 0 saturated carbocycles. The molecule has 2 fully saturated rings. The maximum Gasteiger partial charge on any atom is 0.193 e. The van der Waals surface area contributed by atoms with Crippen LogP contribution in [0.1, 0.15) is 0 Å². The first-order valence-corrected chi connectivity index (χ1v) is 14.1. The molecule has 2 aliphatic heterocycles. The molecule has 4 aromatic rings. The van der Waals surface area contributed by atoms with Gasteiger partial charge in [0.1, 0.15) is 33.9 Å². The van der Waals surface area contributed by atoms with Crippen LogP contribution < -0.4 is 9.46 Å². The summed E-state index contributed by atoms with van der Waals surface area (Å²) in [5.41, 5.74) is 4.48. The molecule has 2 unspecified atom stereocenters. The van der Waals surface area contributed by atoms with Crippen LogP contribution in [0.5, 0.6) is 5.88 Å². The largest absolute Gasteiger partial charge is 0.470 e. The number of nitrogens with one attached hydrogen (secondary N) is 2. The van der Waals surface area contributed by atoms with Crippen molar-refractivity contribution in [2.75, 3.05) is 26.5 Å². The Bertz CT molecular complexity index is 1600. The van der Waals surface area contributed by atoms with E-state index in [0.29, 0.717) is 34.8 Å². The Labute approximate surface area is 219 Å². The summed E-state index contributed by atoms with van der Waals surface area (Å²) in [6.45, 7) is 0.518. The third-order valence-corrected chi connectivity index (χ3v) is 8.13. The van der Waals surface area contributed by atoms with Crippen LogP contribution in [0.15, 0.2) is 65.0 Å². The van der Waals surface area contributed by atoms with Crippen LogP contribution in [0.2, 0.25) is 0 Å². The molecule has 2 aromatic carbocycles. The summed E-state index contributed by atoms with van der Waals surface area (Å²) < 4.78 is 51.3. The molecule has 198 valence electrons. The van der Waals surface area contributed by atoms with Gasteiger partial charge in [0.25, 0.3) is 0 Å². The second-order valence-electron chi connectivity index (χ2n) is 9.43. The van der Waals surface area contributed by atoms with Crippen LogP contribution in [0.25, 0.3) is 33.4 Å². The summed E-state index contributed by atoms with van der Waals surface area (Å²) >= 11 is 0. The zero-order chi connectivity index (χ0) is 26.4. The molecule has 2 aromatic heterocycles. The summed E-state index contributed by atoms with van der Waals surface area (Å²) in [6.07, 6.45) is -0.228. The van der Waals surface area contributed by atoms with Crippen LogP contribution in [0.3, 0.4) is 0 Å². The number of pyridine rings is 1. The summed E-state index contributed by atoms with van der Waals surface area (Å²) in [6, 6.07) is 18.0. The van der Waals surface area contributed by atoms with E-state index in [4.69, 9.17) is 14.2 Å². The summed E-state index contributed by atoms with van der Waals surface area (Å²) in [7, 11) is -0.855. The Morgan fingerprint density at radius 2 is 1.71 bits per heavy atom. The molecule has 0 radical (unpaired) electrons. The quantitative estimate of drug-likeness (QED) is 0.344. The van der Waals surface area contributed by atoms with Crippen molar-refractivity contribution in [3.63, 3.8) is 0 Å². The van der Waals surface area contributed by atoms with Crippen LogP contribution in [0, 0.1) is 5.82 Å². The van der Waals surface area contributed by atoms with Crippen molar-refractivity contribution in [2.24, 2.45) is 4.36 Å². The molecule has 0 spiro atoms. The molecule has 0 bridgehead atoms. The van der Waals surface area contributed by atoms with E-state index in [1.165, 1.54) is 6.07 Å². The Balaban J connectivity index is 1.21. The predicted molar refractivity (Wildman–Crippen MR) is 142 cm³/mol. The van der Waals surface area contributed by atoms with Gasteiger partial charge in [-0.3, -0.25) is 0 Å². The fourth-order valence-electron chi connectivity index (χ4n) is 4.76. The summed E-state index contributed by atoms with van der Waals surface area (Å²) in [5.74, 6) is -0.0220. The third kappa shape index (κ3) is 4.79. The topological polar surface area (TPSA) is 118 Å². The Kier molecular flexibility index (Phi) is 6.40. The van der Waals surface area contributed by atoms with E-state index in [0.717, 1.165) is 11.1 Å². The number of hydrogen-bond acceptors (Lipinski definition) is 7. The molecular weight excluding hydrogens is 511 g/mol. The van der Waals surface area contributed by atoms with Crippen molar-refractivity contribution in [1.29, 1.82) is 0 Å². The minimum absolute atomic E-state index is 0.219. The number of nitrogens with zero attached hydrogens (tertiary/aromatic N) is 2. The van der Waals surface area contributed by atoms with E-state index in [9.17, 15) is 9.32 Å². The van der Waals surface area contributed by atoms with Gasteiger partial charge >= 0.3 is 0 Å². The standard InChI is InChI=1S/C27H27FN4O5S/c1-29-38(2,34)32-18-9-7-16(8-10-18)15-3-5-17(6-4-15)25-19(28)11-20-21(31-25)12-24(30-20)37-23-14-36-26-22(33)13-35-27(23)26/h3-12,22-23,26-27,30,33H,13-14H2,1-2H3,(H,29,32,34)/t22-,23-,26?,27-,38?/m1/s1. The van der Waals surface area contributed by atoms with Crippen molar-refractivity contribution in [3.8, 4) is 28.3 Å². The Morgan fingerprint density at radius 3 is 2.42 bits per heavy atom. The van der Waals surface area contributed by atoms with Gasteiger partial charge in [-0.25, -0.2) is 18.3 Å². The molecular formula is C27H27FN4O5S. The minimum Gasteiger partial charge on any atom is -0.470 e. The number of aromatic nitrogens is 2. The maximum atomic E-state index is 15.0. The highest BCUT2D eigenvalue weighted by molar-refractivity contribution is 7.91. The fourth-order valence-corrected chi connectivity index (χ4v) is 5.38. The average molecular weight is 539 g/mol. The van der Waals surface area contributed by atoms with Gasteiger partial charge < -0.3 is 24.3 Å². The van der Waals surface area contributed by atoms with Crippen molar-refractivity contribution in [1.82, 2.24) is 14.7 Å². The van der Waals surface area contributed by atoms with Crippen LogP contribution in [-0.2, 0) is 19.4 Å². The predicted octanol–water partition coefficient (Wildman–Crippen LogP) is 3.81. The van der Waals surface area contributed by atoms with Gasteiger partial charge in [-0.2, -0.15) is 4.36 Å². The number of benzene rings is 2. The molecule has 2 aliphatic rings. The first kappa shape index (κ1) is 25.0. The van der Waals surface area contributed by atoms with Gasteiger partial charge in [0.05, 0.1) is 29.9 Å². The molecule has 0 amide bonds. The zero-order valence-corrected chi connectivity index (χ0v) is 21.6. The molecule has 11 heteroatoms. The van der Waals surface area contributed by atoms with E-state index in [-0.39, 0.29) is 24.5 Å². The number of ether oxygens (including phenoxy) is 3. The van der Waals surface area contributed by atoms with E-state index in [1.807, 2.05) is 48.5 Å². The van der Waals surface area contributed by atoms with Gasteiger partial charge in [-0.15, -0.1) is 0 Å². The lowest BCUT2D eigenvalue weighted by molar-refractivity contribution is 0.00794. The van der Waals surface area contributed by atoms with Gasteiger partial charge in [0.2, 0.25) is 0 Å². The number of aliphatic hydroxyl groups is 1. The monoisotopic (exact) mass is 538 g/mol. The molecule has 6 rings (SSSR count). The van der Waals surface area contributed by atoms with Gasteiger partial charge in [0.15, 0.2) is 17.8 Å². The zero-order valence-electron chi connectivity index (χ0n) is 20.8. The third-order valence-electron chi connectivity index (χ3n) is 6.81. The van der Waals surface area contributed by atoms with Crippen molar-refractivity contribution >= 4 is 26.6 Å². The molecule has 9 nitrogen and oxygen atoms in total. The lowest BCUT2D eigenvalue weighted by Gasteiger charge is -2.16. The number of halogens is 1. The molecule has 4 heterocycles. The number of fused-ring (bicyclic) bond motifs is 2. The van der Waals surface area contributed by atoms with E-state index in [2.05, 4.69) is 19.1 Å². The summed E-state index contributed by atoms with van der Waals surface area (Å²) in [4.78, 5) is 7.60. The van der Waals surface area contributed by atoms with Crippen molar-refractivity contribution in [3.05, 3.63) is 66.5 Å². The van der Waals surface area contributed by atoms with Crippen molar-refractivity contribution < 1.29 is 27.9 Å². The average Bonchev–Trinajstić information content (AvgIpc) is 3.60. The SMILES string of the molecule is CNS(C)(=O)=Nc1ccc(-c2ccc(-c3nc4cc(O[C@@H]5COC6[C@H](O)CO[C@@H]65)[nH]c4cc3F)cc2)cc1. The second-order valence-corrected chi connectivity index (χ2v) is 11.6. The molecule has 0 aliphatic carbocycles. The molecule has 38 heavy (non-hydrogen) atoms. The minimum atomic E-state index is -2.46. The highest BCUT2D eigenvalue weighted by atomic mass is 32.2. The van der Waals surface area contributed by atoms with E-state index < -0.39 is 27.9 Å². The first-order valence-electron chi connectivity index (χ1n) is 12.2. The first-order chi connectivity index (χ1) is 18.3. The number of rotatable bonds is 6. The van der Waals surface area contributed by atoms with Gasteiger partial charge in [-0.05, 0) is 30.3 Å². The highest BCUT2D eigenvalue weighted by Gasteiger charge is 2.48. The summed E-state index contributed by atoms with van der Waals surface area (Å²) in [5, 5.41) is 9.92. The maximum absolute atomic E-state index is 15.0. The molecule has 3 N–H and O–H groups in total. The van der Waals surface area contributed by atoms with Crippen LogP contribution in [0.4, 0.5) is 10.1 Å². The number of hydrogen-bond donors (Lipinski definition) is 3.